The van der Waals surface area contributed by atoms with Crippen LogP contribution in [-0.4, -0.2) is 16.0 Å². The minimum absolute atomic E-state index is 0.0608. The van der Waals surface area contributed by atoms with Crippen LogP contribution in [0.3, 0.4) is 0 Å². The molecule has 5 aromatic rings. The predicted molar refractivity (Wildman–Crippen MR) is 140 cm³/mol. The third-order valence-electron chi connectivity index (χ3n) is 5.77. The molecule has 0 radical (unpaired) electrons. The highest BCUT2D eigenvalue weighted by Crippen LogP contribution is 2.32. The first-order valence-corrected chi connectivity index (χ1v) is 12.5. The number of para-hydroxylation sites is 1. The number of fused-ring (bicyclic) bond motifs is 1. The number of unbranched alkanes of at least 4 members (excludes halogenated alkanes) is 2. The van der Waals surface area contributed by atoms with E-state index in [1.807, 2.05) is 91.0 Å². The van der Waals surface area contributed by atoms with E-state index in [1.165, 1.54) is 11.3 Å². The number of ether oxygens (including phenoxy) is 1. The second-order valence-corrected chi connectivity index (χ2v) is 9.18. The summed E-state index contributed by atoms with van der Waals surface area (Å²) in [6.07, 6.45) is 5.24. The van der Waals surface area contributed by atoms with Crippen LogP contribution in [0, 0.1) is 0 Å². The van der Waals surface area contributed by atoms with Crippen LogP contribution in [0.25, 0.3) is 33.6 Å². The molecule has 0 saturated carbocycles. The van der Waals surface area contributed by atoms with Gasteiger partial charge in [-0.05, 0) is 18.6 Å². The van der Waals surface area contributed by atoms with Crippen molar-refractivity contribution in [1.29, 1.82) is 0 Å². The molecule has 4 nitrogen and oxygen atoms in total. The topological polar surface area (TPSA) is 43.6 Å². The molecule has 34 heavy (non-hydrogen) atoms. The molecule has 0 bridgehead atoms. The van der Waals surface area contributed by atoms with Gasteiger partial charge >= 0.3 is 0 Å². The quantitative estimate of drug-likeness (QED) is 0.256. The van der Waals surface area contributed by atoms with Crippen LogP contribution < -0.4 is 14.8 Å². The number of imidazole rings is 1. The Hall–Kier alpha value is -3.70. The number of benzene rings is 3. The van der Waals surface area contributed by atoms with Crippen molar-refractivity contribution in [2.24, 2.45) is 0 Å². The second-order valence-electron chi connectivity index (χ2n) is 8.17. The average molecular weight is 467 g/mol. The lowest BCUT2D eigenvalue weighted by molar-refractivity contribution is 0.305. The smallest absolute Gasteiger partial charge is 0.274 e. The maximum Gasteiger partial charge on any atom is 0.274 e. The van der Waals surface area contributed by atoms with Crippen LogP contribution in [0.5, 0.6) is 5.75 Å². The van der Waals surface area contributed by atoms with E-state index in [-0.39, 0.29) is 5.56 Å². The SMILES string of the molecule is CCCCCOc1ccccc1/C=c1/sc2nc(-c3ccccc3)c(-c3ccccc3)n2c1=O. The van der Waals surface area contributed by atoms with Gasteiger partial charge in [0.05, 0.1) is 22.5 Å². The van der Waals surface area contributed by atoms with Crippen LogP contribution in [0.1, 0.15) is 31.7 Å². The maximum absolute atomic E-state index is 13.6. The lowest BCUT2D eigenvalue weighted by Gasteiger charge is -2.08. The molecule has 0 aliphatic heterocycles. The first-order valence-electron chi connectivity index (χ1n) is 11.7. The van der Waals surface area contributed by atoms with E-state index >= 15 is 0 Å². The van der Waals surface area contributed by atoms with Gasteiger partial charge in [0.2, 0.25) is 0 Å². The summed E-state index contributed by atoms with van der Waals surface area (Å²) in [6.45, 7) is 2.85. The summed E-state index contributed by atoms with van der Waals surface area (Å²) >= 11 is 1.41. The summed E-state index contributed by atoms with van der Waals surface area (Å²) < 4.78 is 8.42. The van der Waals surface area contributed by atoms with E-state index < -0.39 is 0 Å². The van der Waals surface area contributed by atoms with Crippen LogP contribution in [-0.2, 0) is 0 Å². The van der Waals surface area contributed by atoms with Gasteiger partial charge in [-0.3, -0.25) is 4.79 Å². The van der Waals surface area contributed by atoms with Gasteiger partial charge < -0.3 is 4.74 Å². The highest BCUT2D eigenvalue weighted by Gasteiger charge is 2.20. The maximum atomic E-state index is 13.6. The molecule has 5 heteroatoms. The van der Waals surface area contributed by atoms with Crippen molar-refractivity contribution in [2.45, 2.75) is 26.2 Å². The summed E-state index contributed by atoms with van der Waals surface area (Å²) in [5.41, 5.74) is 4.45. The minimum Gasteiger partial charge on any atom is -0.493 e. The Morgan fingerprint density at radius 1 is 0.882 bits per heavy atom. The zero-order valence-corrected chi connectivity index (χ0v) is 19.9. The van der Waals surface area contributed by atoms with Crippen molar-refractivity contribution in [3.63, 3.8) is 0 Å². The molecule has 5 rings (SSSR count). The summed E-state index contributed by atoms with van der Waals surface area (Å²) in [4.78, 5) is 19.2. The van der Waals surface area contributed by atoms with Crippen LogP contribution >= 0.6 is 11.3 Å². The largest absolute Gasteiger partial charge is 0.493 e. The lowest BCUT2D eigenvalue weighted by Crippen LogP contribution is -2.23. The molecule has 3 aromatic carbocycles. The number of hydrogen-bond acceptors (Lipinski definition) is 4. The molecule has 0 N–H and O–H groups in total. The Balaban J connectivity index is 1.64. The van der Waals surface area contributed by atoms with E-state index in [9.17, 15) is 4.79 Å². The molecular formula is C29H26N2O2S. The summed E-state index contributed by atoms with van der Waals surface area (Å²) in [6, 6.07) is 27.9. The third-order valence-corrected chi connectivity index (χ3v) is 6.74. The molecule has 0 amide bonds. The molecule has 0 spiro atoms. The van der Waals surface area contributed by atoms with Crippen molar-refractivity contribution in [3.8, 4) is 28.3 Å². The van der Waals surface area contributed by atoms with Gasteiger partial charge in [0.1, 0.15) is 5.75 Å². The average Bonchev–Trinajstić information content (AvgIpc) is 3.40. The normalized spacial score (nSPS) is 11.9. The number of nitrogens with zero attached hydrogens (tertiary/aromatic N) is 2. The third kappa shape index (κ3) is 4.39. The molecule has 0 atom stereocenters. The Kier molecular flexibility index (Phi) is 6.54. The number of aromatic nitrogens is 2. The zero-order valence-electron chi connectivity index (χ0n) is 19.1. The molecular weight excluding hydrogens is 440 g/mol. The minimum atomic E-state index is -0.0608. The summed E-state index contributed by atoms with van der Waals surface area (Å²) in [7, 11) is 0. The van der Waals surface area contributed by atoms with Crippen molar-refractivity contribution in [2.75, 3.05) is 6.61 Å². The van der Waals surface area contributed by atoms with Crippen LogP contribution in [0.15, 0.2) is 89.7 Å². The Morgan fingerprint density at radius 3 is 2.29 bits per heavy atom. The van der Waals surface area contributed by atoms with E-state index in [2.05, 4.69) is 6.92 Å². The molecule has 2 heterocycles. The van der Waals surface area contributed by atoms with Crippen LogP contribution in [0.4, 0.5) is 0 Å². The Labute approximate surface area is 202 Å². The van der Waals surface area contributed by atoms with Crippen molar-refractivity contribution < 1.29 is 4.74 Å². The van der Waals surface area contributed by atoms with Gasteiger partial charge in [0.15, 0.2) is 4.96 Å². The van der Waals surface area contributed by atoms with Crippen LogP contribution in [0.2, 0.25) is 0 Å². The fourth-order valence-electron chi connectivity index (χ4n) is 4.07. The highest BCUT2D eigenvalue weighted by molar-refractivity contribution is 7.15. The molecule has 170 valence electrons. The summed E-state index contributed by atoms with van der Waals surface area (Å²) in [5, 5.41) is 0. The first kappa shape index (κ1) is 22.1. The monoisotopic (exact) mass is 466 g/mol. The summed E-state index contributed by atoms with van der Waals surface area (Å²) in [5.74, 6) is 0.803. The predicted octanol–water partition coefficient (Wildman–Crippen LogP) is 6.21. The van der Waals surface area contributed by atoms with E-state index in [4.69, 9.17) is 9.72 Å². The van der Waals surface area contributed by atoms with E-state index in [0.29, 0.717) is 16.1 Å². The fourth-order valence-corrected chi connectivity index (χ4v) is 5.03. The van der Waals surface area contributed by atoms with Gasteiger partial charge in [-0.25, -0.2) is 9.38 Å². The molecule has 0 aliphatic carbocycles. The molecule has 2 aromatic heterocycles. The molecule has 0 saturated heterocycles. The van der Waals surface area contributed by atoms with Crippen molar-refractivity contribution in [3.05, 3.63) is 105 Å². The van der Waals surface area contributed by atoms with Gasteiger partial charge in [-0.2, -0.15) is 0 Å². The Morgan fingerprint density at radius 2 is 1.56 bits per heavy atom. The van der Waals surface area contributed by atoms with Crippen molar-refractivity contribution in [1.82, 2.24) is 9.38 Å². The molecule has 0 aliphatic rings. The molecule has 0 unspecified atom stereocenters. The van der Waals surface area contributed by atoms with Gasteiger partial charge in [0.25, 0.3) is 5.56 Å². The van der Waals surface area contributed by atoms with E-state index in [0.717, 1.165) is 53.1 Å². The number of rotatable bonds is 8. The Bertz CT molecular complexity index is 1500. The lowest BCUT2D eigenvalue weighted by atomic mass is 10.1. The highest BCUT2D eigenvalue weighted by atomic mass is 32.1. The molecule has 0 fully saturated rings. The van der Waals surface area contributed by atoms with Gasteiger partial charge in [0, 0.05) is 16.7 Å². The van der Waals surface area contributed by atoms with Gasteiger partial charge in [-0.1, -0.05) is 110 Å². The van der Waals surface area contributed by atoms with Crippen molar-refractivity contribution >= 4 is 22.4 Å². The van der Waals surface area contributed by atoms with Gasteiger partial charge in [-0.15, -0.1) is 0 Å². The zero-order chi connectivity index (χ0) is 23.3. The number of hydrogen-bond donors (Lipinski definition) is 0. The first-order chi connectivity index (χ1) is 16.8. The standard InChI is InChI=1S/C29H26N2O2S/c1-2-3-12-19-33-24-18-11-10-17-23(24)20-25-28(32)31-27(22-15-8-5-9-16-22)26(30-29(31)34-25)21-13-6-4-7-14-21/h4-11,13-18,20H,2-3,12,19H2,1H3/b25-20+. The fraction of sp³-hybridized carbons (Fsp3) is 0.172. The second kappa shape index (κ2) is 10.1. The van der Waals surface area contributed by atoms with E-state index in [1.54, 1.807) is 4.40 Å². The number of thiazole rings is 1.